The fraction of sp³-hybridized carbons (Fsp3) is 0.500. The molecule has 0 spiro atoms. The Morgan fingerprint density at radius 2 is 2.08 bits per heavy atom. The molecule has 5 nitrogen and oxygen atoms in total. The van der Waals surface area contributed by atoms with Gasteiger partial charge in [0.25, 0.3) is 0 Å². The summed E-state index contributed by atoms with van der Waals surface area (Å²) < 4.78 is 37.2. The number of alkyl halides is 3. The second-order valence-corrected chi connectivity index (χ2v) is 6.03. The van der Waals surface area contributed by atoms with Crippen LogP contribution in [-0.4, -0.2) is 47.2 Å². The quantitative estimate of drug-likeness (QED) is 0.806. The highest BCUT2D eigenvalue weighted by Gasteiger charge is 2.31. The van der Waals surface area contributed by atoms with E-state index in [1.54, 1.807) is 0 Å². The first-order valence-electron chi connectivity index (χ1n) is 7.60. The lowest BCUT2D eigenvalue weighted by molar-refractivity contribution is -0.146. The monoisotopic (exact) mass is 344 g/mol. The van der Waals surface area contributed by atoms with Crippen LogP contribution in [0.4, 0.5) is 18.9 Å². The van der Waals surface area contributed by atoms with Gasteiger partial charge in [-0.25, -0.2) is 0 Å². The summed E-state index contributed by atoms with van der Waals surface area (Å²) >= 11 is 0. The van der Waals surface area contributed by atoms with Gasteiger partial charge in [0, 0.05) is 18.8 Å². The molecule has 1 aliphatic heterocycles. The topological polar surface area (TPSA) is 69.6 Å². The van der Waals surface area contributed by atoms with Crippen LogP contribution < -0.4 is 5.32 Å². The number of carbonyl (C=O) groups is 2. The maximum atomic E-state index is 12.4. The van der Waals surface area contributed by atoms with E-state index in [9.17, 15) is 27.9 Å². The highest BCUT2D eigenvalue weighted by molar-refractivity contribution is 6.39. The molecule has 2 N–H and O–H groups in total. The highest BCUT2D eigenvalue weighted by atomic mass is 19.4. The van der Waals surface area contributed by atoms with Crippen LogP contribution in [-0.2, 0) is 16.0 Å². The van der Waals surface area contributed by atoms with Crippen molar-refractivity contribution in [3.05, 3.63) is 29.8 Å². The number of aliphatic hydroxyl groups excluding tert-OH is 1. The Labute approximate surface area is 137 Å². The molecular weight excluding hydrogens is 325 g/mol. The normalized spacial score (nSPS) is 21.5. The summed E-state index contributed by atoms with van der Waals surface area (Å²) in [6, 6.07) is 5.28. The van der Waals surface area contributed by atoms with Gasteiger partial charge in [-0.3, -0.25) is 9.59 Å². The third-order valence-electron chi connectivity index (χ3n) is 3.99. The molecule has 1 fully saturated rings. The highest BCUT2D eigenvalue weighted by Crippen LogP contribution is 2.23. The van der Waals surface area contributed by atoms with Crippen molar-refractivity contribution in [2.45, 2.75) is 32.0 Å². The maximum absolute atomic E-state index is 12.4. The molecule has 0 aliphatic carbocycles. The number of halogens is 3. The minimum Gasteiger partial charge on any atom is -0.391 e. The summed E-state index contributed by atoms with van der Waals surface area (Å²) in [6.07, 6.45) is -5.56. The van der Waals surface area contributed by atoms with Crippen LogP contribution in [0.15, 0.2) is 24.3 Å². The zero-order chi connectivity index (χ0) is 17.9. The van der Waals surface area contributed by atoms with Crippen molar-refractivity contribution in [2.24, 2.45) is 5.92 Å². The van der Waals surface area contributed by atoms with Crippen molar-refractivity contribution in [2.75, 3.05) is 18.4 Å². The first-order chi connectivity index (χ1) is 11.2. The summed E-state index contributed by atoms with van der Waals surface area (Å²) in [4.78, 5) is 25.3. The van der Waals surface area contributed by atoms with Crippen LogP contribution in [0.25, 0.3) is 0 Å². The third-order valence-corrected chi connectivity index (χ3v) is 3.99. The van der Waals surface area contributed by atoms with Crippen LogP contribution in [0, 0.1) is 5.92 Å². The van der Waals surface area contributed by atoms with Gasteiger partial charge in [0.15, 0.2) is 0 Å². The van der Waals surface area contributed by atoms with Crippen LogP contribution in [0.1, 0.15) is 18.9 Å². The van der Waals surface area contributed by atoms with Gasteiger partial charge in [0.2, 0.25) is 0 Å². The van der Waals surface area contributed by atoms with Crippen LogP contribution >= 0.6 is 0 Å². The van der Waals surface area contributed by atoms with Crippen molar-refractivity contribution in [1.82, 2.24) is 4.90 Å². The number of β-amino-alcohol motifs (C(OH)–C–C–N with tert-alkyl or cyclic N) is 1. The molecule has 24 heavy (non-hydrogen) atoms. The molecule has 2 unspecified atom stereocenters. The van der Waals surface area contributed by atoms with Gasteiger partial charge in [-0.2, -0.15) is 13.2 Å². The minimum atomic E-state index is -4.35. The van der Waals surface area contributed by atoms with Gasteiger partial charge in [-0.05, 0) is 30.0 Å². The Kier molecular flexibility index (Phi) is 5.48. The van der Waals surface area contributed by atoms with E-state index >= 15 is 0 Å². The molecule has 0 aromatic heterocycles. The minimum absolute atomic E-state index is 0.00466. The predicted octanol–water partition coefficient (Wildman–Crippen LogP) is 1.96. The number of hydrogen-bond acceptors (Lipinski definition) is 3. The standard InChI is InChI=1S/C16H19F3N2O3/c1-10-5-6-21(9-13(10)22)15(24)14(23)20-12-4-2-3-11(7-12)8-16(17,18)19/h2-4,7,10,13,22H,5-6,8-9H2,1H3,(H,20,23). The molecular formula is C16H19F3N2O3. The van der Waals surface area contributed by atoms with Crippen LogP contribution in [0.3, 0.4) is 0 Å². The van der Waals surface area contributed by atoms with E-state index in [-0.39, 0.29) is 23.7 Å². The van der Waals surface area contributed by atoms with Gasteiger partial charge in [-0.15, -0.1) is 0 Å². The molecule has 8 heteroatoms. The molecule has 0 saturated carbocycles. The third kappa shape index (κ3) is 4.95. The number of carbonyl (C=O) groups excluding carboxylic acids is 2. The summed E-state index contributed by atoms with van der Waals surface area (Å²) in [5.74, 6) is -1.68. The lowest BCUT2D eigenvalue weighted by Gasteiger charge is -2.33. The van der Waals surface area contributed by atoms with Crippen molar-refractivity contribution >= 4 is 17.5 Å². The van der Waals surface area contributed by atoms with E-state index in [4.69, 9.17) is 0 Å². The number of amides is 2. The number of piperidine rings is 1. The molecule has 1 saturated heterocycles. The number of aliphatic hydroxyl groups is 1. The van der Waals surface area contributed by atoms with Gasteiger partial charge < -0.3 is 15.3 Å². The summed E-state index contributed by atoms with van der Waals surface area (Å²) in [7, 11) is 0. The van der Waals surface area contributed by atoms with E-state index in [2.05, 4.69) is 5.32 Å². The molecule has 0 bridgehead atoms. The van der Waals surface area contributed by atoms with E-state index in [1.165, 1.54) is 29.2 Å². The van der Waals surface area contributed by atoms with E-state index in [0.29, 0.717) is 13.0 Å². The molecule has 1 aromatic carbocycles. The Balaban J connectivity index is 1.99. The van der Waals surface area contributed by atoms with Crippen molar-refractivity contribution < 1.29 is 27.9 Å². The number of likely N-dealkylation sites (tertiary alicyclic amines) is 1. The molecule has 1 aromatic rings. The smallest absolute Gasteiger partial charge is 0.391 e. The van der Waals surface area contributed by atoms with E-state index in [0.717, 1.165) is 0 Å². The summed E-state index contributed by atoms with van der Waals surface area (Å²) in [6.45, 7) is 2.29. The summed E-state index contributed by atoms with van der Waals surface area (Å²) in [5.41, 5.74) is 0.121. The second kappa shape index (κ2) is 7.21. The SMILES string of the molecule is CC1CCN(C(=O)C(=O)Nc2cccc(CC(F)(F)F)c2)CC1O. The molecule has 0 radical (unpaired) electrons. The van der Waals surface area contributed by atoms with Gasteiger partial charge >= 0.3 is 18.0 Å². The lowest BCUT2D eigenvalue weighted by atomic mass is 9.96. The summed E-state index contributed by atoms with van der Waals surface area (Å²) in [5, 5.41) is 12.1. The molecule has 1 heterocycles. The number of nitrogens with zero attached hydrogens (tertiary/aromatic N) is 1. The average Bonchev–Trinajstić information content (AvgIpc) is 2.48. The van der Waals surface area contributed by atoms with Gasteiger partial charge in [0.1, 0.15) is 0 Å². The Morgan fingerprint density at radius 3 is 2.71 bits per heavy atom. The fourth-order valence-corrected chi connectivity index (χ4v) is 2.55. The molecule has 1 aliphatic rings. The first kappa shape index (κ1) is 18.3. The molecule has 2 rings (SSSR count). The number of nitrogens with one attached hydrogen (secondary N) is 1. The zero-order valence-corrected chi connectivity index (χ0v) is 13.1. The molecule has 2 atom stereocenters. The van der Waals surface area contributed by atoms with Gasteiger partial charge in [-0.1, -0.05) is 19.1 Å². The molecule has 132 valence electrons. The fourth-order valence-electron chi connectivity index (χ4n) is 2.55. The number of hydrogen-bond donors (Lipinski definition) is 2. The Morgan fingerprint density at radius 1 is 1.38 bits per heavy atom. The average molecular weight is 344 g/mol. The number of rotatable bonds is 2. The zero-order valence-electron chi connectivity index (χ0n) is 13.1. The van der Waals surface area contributed by atoms with E-state index in [1.807, 2.05) is 6.92 Å². The predicted molar refractivity (Wildman–Crippen MR) is 81.2 cm³/mol. The van der Waals surface area contributed by atoms with Crippen LogP contribution in [0.2, 0.25) is 0 Å². The lowest BCUT2D eigenvalue weighted by Crippen LogP contribution is -2.49. The number of benzene rings is 1. The van der Waals surface area contributed by atoms with Crippen molar-refractivity contribution in [3.8, 4) is 0 Å². The first-order valence-corrected chi connectivity index (χ1v) is 7.60. The Hall–Kier alpha value is -2.09. The molecule has 2 amide bonds. The van der Waals surface area contributed by atoms with Crippen molar-refractivity contribution in [1.29, 1.82) is 0 Å². The van der Waals surface area contributed by atoms with E-state index < -0.39 is 30.5 Å². The Bertz CT molecular complexity index is 619. The van der Waals surface area contributed by atoms with Gasteiger partial charge in [0.05, 0.1) is 12.5 Å². The van der Waals surface area contributed by atoms with Crippen LogP contribution in [0.5, 0.6) is 0 Å². The maximum Gasteiger partial charge on any atom is 0.393 e. The van der Waals surface area contributed by atoms with Crippen molar-refractivity contribution in [3.63, 3.8) is 0 Å². The largest absolute Gasteiger partial charge is 0.393 e. The number of anilines is 1. The second-order valence-electron chi connectivity index (χ2n) is 6.03.